The molecule has 2 aliphatic heterocycles. The Labute approximate surface area is 126 Å². The predicted octanol–water partition coefficient (Wildman–Crippen LogP) is 2.22. The van der Waals surface area contributed by atoms with Crippen LogP contribution in [-0.4, -0.2) is 43.7 Å². The molecule has 3 rings (SSSR count). The number of thiophene rings is 1. The number of ether oxygens (including phenoxy) is 2. The fraction of sp³-hybridized carbons (Fsp3) is 0.615. The average molecular weight is 308 g/mol. The maximum Gasteiger partial charge on any atom is 0.222 e. The molecule has 0 N–H and O–H groups in total. The van der Waals surface area contributed by atoms with E-state index in [2.05, 4.69) is 10.0 Å². The highest BCUT2D eigenvalue weighted by molar-refractivity contribution is 7.10. The minimum absolute atomic E-state index is 0.135. The summed E-state index contributed by atoms with van der Waals surface area (Å²) in [5, 5.41) is 5.52. The monoisotopic (exact) mass is 308 g/mol. The van der Waals surface area contributed by atoms with Crippen LogP contribution in [0.15, 0.2) is 10.5 Å². The van der Waals surface area contributed by atoms with Gasteiger partial charge in [0.15, 0.2) is 11.5 Å². The van der Waals surface area contributed by atoms with Gasteiger partial charge in [-0.2, -0.15) is 0 Å². The van der Waals surface area contributed by atoms with E-state index in [-0.39, 0.29) is 11.8 Å². The molecule has 0 spiro atoms. The first kappa shape index (κ1) is 14.0. The van der Waals surface area contributed by atoms with E-state index in [0.29, 0.717) is 39.3 Å². The van der Waals surface area contributed by atoms with Gasteiger partial charge in [-0.05, 0) is 11.4 Å². The molecule has 1 aromatic heterocycles. The molecule has 1 unspecified atom stereocenters. The number of fused-ring (bicyclic) bond motifs is 1. The number of hydrogen-bond acceptors (Lipinski definition) is 5. The van der Waals surface area contributed by atoms with Gasteiger partial charge in [-0.15, -0.1) is 11.3 Å². The Kier molecular flexibility index (Phi) is 4.17. The Morgan fingerprint density at radius 1 is 1.48 bits per heavy atom. The summed E-state index contributed by atoms with van der Waals surface area (Å²) in [5.41, 5.74) is 8.33. The molecule has 0 aliphatic carbocycles. The molecule has 7 nitrogen and oxygen atoms in total. The number of carbonyl (C=O) groups is 1. The van der Waals surface area contributed by atoms with Gasteiger partial charge in [0.2, 0.25) is 5.91 Å². The number of rotatable bonds is 5. The van der Waals surface area contributed by atoms with Gasteiger partial charge in [0, 0.05) is 42.8 Å². The molecule has 112 valence electrons. The summed E-state index contributed by atoms with van der Waals surface area (Å²) in [5.74, 6) is 1.93. The number of nitrogens with zero attached hydrogens (tertiary/aromatic N) is 4. The first-order chi connectivity index (χ1) is 10.3. The van der Waals surface area contributed by atoms with Crippen LogP contribution in [-0.2, 0) is 11.2 Å². The van der Waals surface area contributed by atoms with Crippen LogP contribution in [0, 0.1) is 5.92 Å². The van der Waals surface area contributed by atoms with Crippen LogP contribution in [0.2, 0.25) is 0 Å². The zero-order valence-electron chi connectivity index (χ0n) is 11.5. The van der Waals surface area contributed by atoms with Crippen molar-refractivity contribution < 1.29 is 14.3 Å². The summed E-state index contributed by atoms with van der Waals surface area (Å²) in [6, 6.07) is 0. The Morgan fingerprint density at radius 2 is 2.33 bits per heavy atom. The van der Waals surface area contributed by atoms with Gasteiger partial charge in [-0.25, -0.2) is 0 Å². The van der Waals surface area contributed by atoms with E-state index < -0.39 is 0 Å². The van der Waals surface area contributed by atoms with Crippen molar-refractivity contribution in [2.24, 2.45) is 11.0 Å². The third-order valence-electron chi connectivity index (χ3n) is 3.68. The van der Waals surface area contributed by atoms with Crippen LogP contribution in [0.3, 0.4) is 0 Å². The van der Waals surface area contributed by atoms with Crippen molar-refractivity contribution in [3.8, 4) is 11.5 Å². The second kappa shape index (κ2) is 6.24. The molecule has 0 bridgehead atoms. The summed E-state index contributed by atoms with van der Waals surface area (Å²) < 4.78 is 11.2. The van der Waals surface area contributed by atoms with E-state index in [1.54, 1.807) is 11.3 Å². The summed E-state index contributed by atoms with van der Waals surface area (Å²) in [7, 11) is 0. The van der Waals surface area contributed by atoms with Crippen molar-refractivity contribution in [1.29, 1.82) is 0 Å². The first-order valence-corrected chi connectivity index (χ1v) is 7.80. The molecule has 21 heavy (non-hydrogen) atoms. The lowest BCUT2D eigenvalue weighted by Crippen LogP contribution is -2.27. The van der Waals surface area contributed by atoms with Crippen molar-refractivity contribution in [3.63, 3.8) is 0 Å². The summed E-state index contributed by atoms with van der Waals surface area (Å²) in [6.45, 7) is 2.90. The number of likely N-dealkylation sites (tertiary alicyclic amines) is 1. The van der Waals surface area contributed by atoms with Gasteiger partial charge >= 0.3 is 0 Å². The molecule has 0 radical (unpaired) electrons. The van der Waals surface area contributed by atoms with E-state index >= 15 is 0 Å². The second-order valence-electron chi connectivity index (χ2n) is 5.12. The molecule has 0 saturated carbocycles. The summed E-state index contributed by atoms with van der Waals surface area (Å²) >= 11 is 1.61. The van der Waals surface area contributed by atoms with Crippen LogP contribution < -0.4 is 9.47 Å². The molecule has 2 aliphatic rings. The quantitative estimate of drug-likeness (QED) is 0.474. The average Bonchev–Trinajstić information content (AvgIpc) is 3.06. The van der Waals surface area contributed by atoms with Crippen molar-refractivity contribution in [2.75, 3.05) is 32.8 Å². The fourth-order valence-electron chi connectivity index (χ4n) is 2.67. The topological polar surface area (TPSA) is 87.5 Å². The van der Waals surface area contributed by atoms with E-state index in [9.17, 15) is 4.79 Å². The minimum Gasteiger partial charge on any atom is -0.485 e. The molecule has 8 heteroatoms. The van der Waals surface area contributed by atoms with Gasteiger partial charge in [-0.1, -0.05) is 5.11 Å². The molecule has 1 fully saturated rings. The number of carbonyl (C=O) groups excluding carboxylic acids is 1. The SMILES string of the molecule is [N-]=[N+]=NCC1CC(=O)N(CCc2scc3c2OCCO3)C1. The van der Waals surface area contributed by atoms with Crippen LogP contribution in [0.1, 0.15) is 11.3 Å². The summed E-state index contributed by atoms with van der Waals surface area (Å²) in [6.07, 6.45) is 1.24. The lowest BCUT2D eigenvalue weighted by molar-refractivity contribution is -0.127. The normalized spacial score (nSPS) is 20.5. The molecule has 3 heterocycles. The van der Waals surface area contributed by atoms with Crippen LogP contribution in [0.5, 0.6) is 11.5 Å². The van der Waals surface area contributed by atoms with Crippen LogP contribution in [0.4, 0.5) is 0 Å². The lowest BCUT2D eigenvalue weighted by Gasteiger charge is -2.18. The molecule has 1 amide bonds. The van der Waals surface area contributed by atoms with E-state index in [0.717, 1.165) is 22.8 Å². The Balaban J connectivity index is 1.57. The van der Waals surface area contributed by atoms with E-state index in [4.69, 9.17) is 15.0 Å². The minimum atomic E-state index is 0.135. The van der Waals surface area contributed by atoms with Gasteiger partial charge in [0.1, 0.15) is 13.2 Å². The molecule has 1 saturated heterocycles. The highest BCUT2D eigenvalue weighted by Crippen LogP contribution is 2.39. The lowest BCUT2D eigenvalue weighted by atomic mass is 10.1. The fourth-order valence-corrected chi connectivity index (χ4v) is 3.57. The first-order valence-electron chi connectivity index (χ1n) is 6.92. The largest absolute Gasteiger partial charge is 0.485 e. The zero-order valence-corrected chi connectivity index (χ0v) is 12.3. The van der Waals surface area contributed by atoms with Gasteiger partial charge in [0.05, 0.1) is 4.88 Å². The van der Waals surface area contributed by atoms with Crippen molar-refractivity contribution in [3.05, 3.63) is 20.7 Å². The van der Waals surface area contributed by atoms with Gasteiger partial charge < -0.3 is 14.4 Å². The Morgan fingerprint density at radius 3 is 3.19 bits per heavy atom. The molecular formula is C13H16N4O3S. The Bertz CT molecular complexity index is 582. The highest BCUT2D eigenvalue weighted by atomic mass is 32.1. The molecule has 1 atom stereocenters. The molecular weight excluding hydrogens is 292 g/mol. The van der Waals surface area contributed by atoms with Crippen molar-refractivity contribution in [2.45, 2.75) is 12.8 Å². The van der Waals surface area contributed by atoms with Gasteiger partial charge in [0.25, 0.3) is 0 Å². The zero-order chi connectivity index (χ0) is 14.7. The maximum absolute atomic E-state index is 11.9. The molecule has 1 aromatic rings. The standard InChI is InChI=1S/C13H16N4O3S/c14-16-15-6-9-5-12(18)17(7-9)2-1-11-13-10(8-21-11)19-3-4-20-13/h8-9H,1-7H2. The van der Waals surface area contributed by atoms with E-state index in [1.165, 1.54) is 0 Å². The van der Waals surface area contributed by atoms with Crippen molar-refractivity contribution in [1.82, 2.24) is 4.90 Å². The van der Waals surface area contributed by atoms with E-state index in [1.807, 2.05) is 10.3 Å². The predicted molar refractivity (Wildman–Crippen MR) is 77.7 cm³/mol. The molecule has 0 aromatic carbocycles. The van der Waals surface area contributed by atoms with Crippen LogP contribution >= 0.6 is 11.3 Å². The number of azide groups is 1. The third kappa shape index (κ3) is 3.06. The highest BCUT2D eigenvalue weighted by Gasteiger charge is 2.29. The number of amides is 1. The van der Waals surface area contributed by atoms with Gasteiger partial charge in [-0.3, -0.25) is 4.79 Å². The number of hydrogen-bond donors (Lipinski definition) is 0. The van der Waals surface area contributed by atoms with Crippen LogP contribution in [0.25, 0.3) is 10.4 Å². The van der Waals surface area contributed by atoms with Crippen molar-refractivity contribution >= 4 is 17.2 Å². The summed E-state index contributed by atoms with van der Waals surface area (Å²) in [4.78, 5) is 17.6. The second-order valence-corrected chi connectivity index (χ2v) is 6.09. The Hall–Kier alpha value is -1.92. The maximum atomic E-state index is 11.9. The smallest absolute Gasteiger partial charge is 0.222 e. The third-order valence-corrected chi connectivity index (χ3v) is 4.68.